The number of nitrogens with one attached hydrogen (secondary N) is 2. The Kier molecular flexibility index (Phi) is 17.3. The van der Waals surface area contributed by atoms with Crippen molar-refractivity contribution in [1.82, 2.24) is 10.3 Å². The van der Waals surface area contributed by atoms with Crippen LogP contribution in [0, 0.1) is 93.7 Å². The van der Waals surface area contributed by atoms with Crippen molar-refractivity contribution in [3.63, 3.8) is 0 Å². The highest BCUT2D eigenvalue weighted by atomic mass is 33.1. The van der Waals surface area contributed by atoms with E-state index in [0.29, 0.717) is 80.2 Å². The predicted molar refractivity (Wildman–Crippen MR) is 350 cm³/mol. The molecule has 466 valence electrons. The Hall–Kier alpha value is -5.14. The zero-order chi connectivity index (χ0) is 60.4. The summed E-state index contributed by atoms with van der Waals surface area (Å²) in [5.74, 6) is 8.98. The summed E-state index contributed by atoms with van der Waals surface area (Å²) in [6.45, 7) is 2.45. The Morgan fingerprint density at radius 2 is 1.59 bits per heavy atom. The molecule has 21 unspecified atom stereocenters. The number of allylic oxidation sites excluding steroid dienone is 6. The number of phenolic OH excluding ortho intramolecular Hbond substituents is 1. The van der Waals surface area contributed by atoms with E-state index < -0.39 is 65.0 Å². The van der Waals surface area contributed by atoms with Gasteiger partial charge in [-0.15, -0.1) is 0 Å². The van der Waals surface area contributed by atoms with Gasteiger partial charge in [0.05, 0.1) is 24.4 Å². The highest BCUT2D eigenvalue weighted by molar-refractivity contribution is 8.76. The second-order valence-corrected chi connectivity index (χ2v) is 30.7. The number of aliphatic hydroxyl groups is 6. The third-order valence-electron chi connectivity index (χ3n) is 24.1. The monoisotopic (exact) mass is 1230 g/mol. The summed E-state index contributed by atoms with van der Waals surface area (Å²) in [6.07, 6.45) is 22.5. The quantitative estimate of drug-likeness (QED) is 0.0455. The molecule has 2 aliphatic heterocycles. The van der Waals surface area contributed by atoms with E-state index in [-0.39, 0.29) is 72.6 Å². The number of ether oxygens (including phenoxy) is 1. The van der Waals surface area contributed by atoms with Crippen LogP contribution in [0.5, 0.6) is 11.5 Å². The van der Waals surface area contributed by atoms with Crippen LogP contribution in [-0.4, -0.2) is 103 Å². The molecule has 2 bridgehead atoms. The molecule has 8 aliphatic carbocycles. The lowest BCUT2D eigenvalue weighted by Gasteiger charge is -2.67. The number of aliphatic hydroxyl groups excluding tert-OH is 6. The molecule has 10 aliphatic rings. The van der Waals surface area contributed by atoms with Crippen molar-refractivity contribution in [3.8, 4) is 23.3 Å². The fourth-order valence-corrected chi connectivity index (χ4v) is 22.4. The number of aromatic amines is 1. The SMILES string of the molecule is CCC1Cc2cc(O)c(OC3CC(Cc4ccc[nH]4)C4=CCNC(N)=C4CSSCC(CO)C3O)cc2C2CC(O)C3C(C#CC45CC(c6ccccc6)C6Cc7ccccc7CC7C8CCCCC8C=CC7C6(C=CC4C(O)CCC3O)C5CO)C=C12. The van der Waals surface area contributed by atoms with Gasteiger partial charge in [-0.2, -0.15) is 0 Å². The zero-order valence-corrected chi connectivity index (χ0v) is 52.5. The van der Waals surface area contributed by atoms with Crippen molar-refractivity contribution >= 4 is 21.6 Å². The highest BCUT2D eigenvalue weighted by Crippen LogP contribution is 2.71. The average Bonchev–Trinajstić information content (AvgIpc) is 0.739. The number of hydrogen-bond donors (Lipinski definition) is 10. The molecule has 13 heteroatoms. The Morgan fingerprint density at radius 1 is 0.784 bits per heavy atom. The van der Waals surface area contributed by atoms with Crippen molar-refractivity contribution in [2.24, 2.45) is 87.6 Å². The number of aromatic hydroxyl groups is 1. The molecule has 88 heavy (non-hydrogen) atoms. The zero-order valence-electron chi connectivity index (χ0n) is 50.9. The fraction of sp³-hybridized carbons (Fsp3) is 0.547. The number of aromatic nitrogens is 1. The van der Waals surface area contributed by atoms with Gasteiger partial charge in [0, 0.05) is 95.1 Å². The van der Waals surface area contributed by atoms with Crippen molar-refractivity contribution < 1.29 is 40.5 Å². The number of rotatable bonds is 8. The maximum Gasteiger partial charge on any atom is 0.161 e. The first kappa shape index (κ1) is 60.4. The van der Waals surface area contributed by atoms with E-state index in [1.54, 1.807) is 21.6 Å². The van der Waals surface area contributed by atoms with Crippen LogP contribution in [-0.2, 0) is 25.7 Å². The van der Waals surface area contributed by atoms with E-state index in [9.17, 15) is 35.7 Å². The minimum atomic E-state index is -1.09. The average molecular weight is 1230 g/mol. The summed E-state index contributed by atoms with van der Waals surface area (Å²) in [5, 5.41) is 90.1. The molecular weight excluding hydrogens is 1130 g/mol. The van der Waals surface area contributed by atoms with Crippen molar-refractivity contribution in [1.29, 1.82) is 0 Å². The minimum absolute atomic E-state index is 0.0276. The molecule has 3 aromatic carbocycles. The first-order chi connectivity index (χ1) is 42.9. The van der Waals surface area contributed by atoms with Gasteiger partial charge >= 0.3 is 0 Å². The molecule has 11 N–H and O–H groups in total. The minimum Gasteiger partial charge on any atom is -0.504 e. The van der Waals surface area contributed by atoms with Crippen LogP contribution in [0.25, 0.3) is 0 Å². The van der Waals surface area contributed by atoms with Gasteiger partial charge < -0.3 is 56.5 Å². The van der Waals surface area contributed by atoms with Gasteiger partial charge in [0.2, 0.25) is 0 Å². The van der Waals surface area contributed by atoms with Gasteiger partial charge in [0.1, 0.15) is 11.9 Å². The number of fused-ring (bicyclic) bond motifs is 9. The molecule has 2 spiro atoms. The van der Waals surface area contributed by atoms with Gasteiger partial charge in [-0.1, -0.05) is 150 Å². The highest BCUT2D eigenvalue weighted by Gasteiger charge is 2.68. The molecule has 1 aromatic heterocycles. The van der Waals surface area contributed by atoms with Gasteiger partial charge in [0.15, 0.2) is 11.5 Å². The smallest absolute Gasteiger partial charge is 0.161 e. The molecule has 0 amide bonds. The third kappa shape index (κ3) is 10.7. The Morgan fingerprint density at radius 3 is 2.39 bits per heavy atom. The van der Waals surface area contributed by atoms with Crippen LogP contribution in [0.2, 0.25) is 0 Å². The van der Waals surface area contributed by atoms with E-state index >= 15 is 0 Å². The van der Waals surface area contributed by atoms with Crippen LogP contribution in [0.1, 0.15) is 116 Å². The molecule has 3 heterocycles. The summed E-state index contributed by atoms with van der Waals surface area (Å²) in [6, 6.07) is 28.0. The Labute approximate surface area is 528 Å². The van der Waals surface area contributed by atoms with E-state index in [4.69, 9.17) is 10.5 Å². The molecular formula is C75H91N3O8S2. The van der Waals surface area contributed by atoms with E-state index in [1.807, 2.05) is 24.4 Å². The second-order valence-electron chi connectivity index (χ2n) is 28.2. The van der Waals surface area contributed by atoms with Crippen LogP contribution >= 0.6 is 21.6 Å². The number of dihydropyridines is 1. The molecule has 3 fully saturated rings. The summed E-state index contributed by atoms with van der Waals surface area (Å²) in [7, 11) is 3.26. The molecule has 0 radical (unpaired) electrons. The molecule has 21 atom stereocenters. The van der Waals surface area contributed by atoms with Crippen LogP contribution in [0.3, 0.4) is 0 Å². The molecule has 4 aromatic rings. The van der Waals surface area contributed by atoms with Gasteiger partial charge in [0.25, 0.3) is 0 Å². The van der Waals surface area contributed by atoms with Gasteiger partial charge in [-0.25, -0.2) is 0 Å². The van der Waals surface area contributed by atoms with Gasteiger partial charge in [-0.3, -0.25) is 0 Å². The second kappa shape index (κ2) is 25.2. The van der Waals surface area contributed by atoms with Crippen molar-refractivity contribution in [2.45, 2.75) is 139 Å². The fourth-order valence-electron chi connectivity index (χ4n) is 19.9. The normalized spacial score (nSPS) is 39.3. The van der Waals surface area contributed by atoms with E-state index in [0.717, 1.165) is 52.8 Å². The molecule has 2 saturated carbocycles. The number of nitrogens with two attached hydrogens (primary N) is 1. The summed E-state index contributed by atoms with van der Waals surface area (Å²) >= 11 is 0. The maximum atomic E-state index is 13.0. The lowest BCUT2D eigenvalue weighted by atomic mass is 9.36. The standard InChI is InChI=1S/C75H91N3O8S2/c1-2-43-29-49-34-66(83)68(86-69-35-50(30-52-16-10-27-77-52)54-24-28-78-73(76)60(54)42-88-87-41-51(39-79)72(69)85)37-56(49)57-36-67(84)71-48(32-55(43)57)22-25-74-38-59(44-11-4-3-5-12-44)63-33-47-15-7-6-14-46(47)31-58-53-17-9-8-13-45(53)18-19-61(58)75(63,70(74)40-80)26-23-62(74)64(81)20-21-65(71)82/h3-7,10-12,14-16,18-19,23-24,26-27,32,34,37,43,45,48,50-51,53,57-59,61-65,67,69-72,77-85H,2,8-9,13,17,20-21,28-31,33,35-36,38-42,76H2,1H3. The summed E-state index contributed by atoms with van der Waals surface area (Å²) in [5.41, 5.74) is 15.7. The molecule has 14 rings (SSSR count). The Bertz CT molecular complexity index is 3410. The van der Waals surface area contributed by atoms with Gasteiger partial charge in [-0.05, 0) is 182 Å². The first-order valence-electron chi connectivity index (χ1n) is 33.4. The predicted octanol–water partition coefficient (Wildman–Crippen LogP) is 10.9. The summed E-state index contributed by atoms with van der Waals surface area (Å²) < 4.78 is 7.05. The van der Waals surface area contributed by atoms with Crippen LogP contribution < -0.4 is 15.8 Å². The first-order valence-corrected chi connectivity index (χ1v) is 35.9. The number of hydrogen-bond acceptors (Lipinski definition) is 12. The number of H-pyrrole nitrogens is 1. The summed E-state index contributed by atoms with van der Waals surface area (Å²) in [4.78, 5) is 3.39. The van der Waals surface area contributed by atoms with E-state index in [2.05, 4.69) is 126 Å². The third-order valence-corrected chi connectivity index (χ3v) is 26.5. The lowest BCUT2D eigenvalue weighted by Crippen LogP contribution is -2.65. The largest absolute Gasteiger partial charge is 0.504 e. The maximum absolute atomic E-state index is 13.0. The molecule has 1 saturated heterocycles. The van der Waals surface area contributed by atoms with Crippen LogP contribution in [0.15, 0.2) is 144 Å². The van der Waals surface area contributed by atoms with Crippen molar-refractivity contribution in [2.75, 3.05) is 31.3 Å². The Balaban J connectivity index is 0.879. The number of benzene rings is 3. The number of phenols is 1. The van der Waals surface area contributed by atoms with Crippen LogP contribution in [0.4, 0.5) is 0 Å². The topological polar surface area (TPSA) is 205 Å². The van der Waals surface area contributed by atoms with E-state index in [1.165, 1.54) is 42.4 Å². The molecule has 11 nitrogen and oxygen atoms in total. The lowest BCUT2D eigenvalue weighted by molar-refractivity contribution is -0.143. The van der Waals surface area contributed by atoms with Crippen molar-refractivity contribution in [3.05, 3.63) is 178 Å².